The lowest BCUT2D eigenvalue weighted by atomic mass is 9.94. The number of carbonyl (C=O) groups excluding carboxylic acids is 1. The van der Waals surface area contributed by atoms with Gasteiger partial charge >= 0.3 is 5.97 Å². The molecule has 0 aliphatic heterocycles. The van der Waals surface area contributed by atoms with Crippen LogP contribution in [0.4, 0.5) is 0 Å². The van der Waals surface area contributed by atoms with Crippen LogP contribution in [-0.4, -0.2) is 25.3 Å². The first-order valence-corrected chi connectivity index (χ1v) is 8.34. The summed E-state index contributed by atoms with van der Waals surface area (Å²) in [4.78, 5) is 12.1. The molecule has 0 radical (unpaired) electrons. The molecule has 5 heteroatoms. The van der Waals surface area contributed by atoms with Crippen molar-refractivity contribution in [2.24, 2.45) is 0 Å². The van der Waals surface area contributed by atoms with E-state index in [9.17, 15) is 4.79 Å². The van der Waals surface area contributed by atoms with Gasteiger partial charge in [0.1, 0.15) is 17.4 Å². The number of ether oxygens (including phenoxy) is 2. The summed E-state index contributed by atoms with van der Waals surface area (Å²) in [6, 6.07) is 15.6. The van der Waals surface area contributed by atoms with Crippen LogP contribution in [-0.2, 0) is 9.53 Å². The first kappa shape index (κ1) is 17.7. The van der Waals surface area contributed by atoms with Crippen LogP contribution in [0.15, 0.2) is 53.1 Å². The summed E-state index contributed by atoms with van der Waals surface area (Å²) in [5.74, 6) is 0.329. The van der Waals surface area contributed by atoms with Gasteiger partial charge in [0, 0.05) is 5.56 Å². The normalized spacial score (nSPS) is 11.8. The summed E-state index contributed by atoms with van der Waals surface area (Å²) in [5, 5.41) is 4.25. The maximum absolute atomic E-state index is 12.1. The Morgan fingerprint density at radius 1 is 1.00 bits per heavy atom. The minimum Gasteiger partial charge on any atom is -0.497 e. The van der Waals surface area contributed by atoms with E-state index < -0.39 is 5.92 Å². The first-order valence-electron chi connectivity index (χ1n) is 8.34. The Bertz CT molecular complexity index is 895. The quantitative estimate of drug-likeness (QED) is 0.629. The van der Waals surface area contributed by atoms with E-state index in [0.717, 1.165) is 28.0 Å². The molecule has 0 aliphatic carbocycles. The highest BCUT2D eigenvalue weighted by molar-refractivity contribution is 5.87. The zero-order chi connectivity index (χ0) is 18.7. The van der Waals surface area contributed by atoms with Crippen LogP contribution in [0.25, 0.3) is 22.4 Å². The molecule has 3 aromatic rings. The largest absolute Gasteiger partial charge is 0.497 e. The minimum absolute atomic E-state index is 0.365. The molecule has 0 saturated carbocycles. The van der Waals surface area contributed by atoms with Crippen molar-refractivity contribution in [2.75, 3.05) is 14.2 Å². The molecule has 2 aromatic carbocycles. The summed E-state index contributed by atoms with van der Waals surface area (Å²) in [6.45, 7) is 3.78. The molecule has 26 heavy (non-hydrogen) atoms. The van der Waals surface area contributed by atoms with Crippen LogP contribution < -0.4 is 4.74 Å². The number of rotatable bonds is 5. The number of nitrogens with zero attached hydrogens (tertiary/aromatic N) is 1. The van der Waals surface area contributed by atoms with Crippen molar-refractivity contribution in [3.8, 4) is 28.1 Å². The van der Waals surface area contributed by atoms with E-state index in [4.69, 9.17) is 14.0 Å². The highest BCUT2D eigenvalue weighted by Crippen LogP contribution is 2.38. The molecule has 0 fully saturated rings. The molecule has 0 aliphatic rings. The summed E-state index contributed by atoms with van der Waals surface area (Å²) >= 11 is 0. The van der Waals surface area contributed by atoms with Gasteiger partial charge in [0.05, 0.1) is 19.8 Å². The Morgan fingerprint density at radius 3 is 2.19 bits per heavy atom. The van der Waals surface area contributed by atoms with E-state index >= 15 is 0 Å². The zero-order valence-corrected chi connectivity index (χ0v) is 15.3. The molecule has 3 rings (SSSR count). The van der Waals surface area contributed by atoms with Gasteiger partial charge < -0.3 is 14.0 Å². The topological polar surface area (TPSA) is 61.6 Å². The molecule has 0 bridgehead atoms. The number of aromatic nitrogens is 1. The van der Waals surface area contributed by atoms with Crippen LogP contribution in [0.5, 0.6) is 5.75 Å². The molecular weight excluding hydrogens is 330 g/mol. The molecule has 0 N–H and O–H groups in total. The highest BCUT2D eigenvalue weighted by Gasteiger charge is 2.28. The Balaban J connectivity index is 2.16. The van der Waals surface area contributed by atoms with E-state index in [-0.39, 0.29) is 5.97 Å². The Hall–Kier alpha value is -3.08. The van der Waals surface area contributed by atoms with E-state index in [1.165, 1.54) is 7.11 Å². The van der Waals surface area contributed by atoms with Crippen molar-refractivity contribution in [1.82, 2.24) is 5.16 Å². The van der Waals surface area contributed by atoms with Crippen molar-refractivity contribution in [3.05, 3.63) is 59.9 Å². The fourth-order valence-electron chi connectivity index (χ4n) is 2.83. The smallest absolute Gasteiger partial charge is 0.316 e. The maximum Gasteiger partial charge on any atom is 0.316 e. The van der Waals surface area contributed by atoms with Crippen molar-refractivity contribution < 1.29 is 18.8 Å². The van der Waals surface area contributed by atoms with Crippen LogP contribution >= 0.6 is 0 Å². The van der Waals surface area contributed by atoms with Gasteiger partial charge in [0.25, 0.3) is 0 Å². The lowest BCUT2D eigenvalue weighted by molar-refractivity contribution is -0.142. The van der Waals surface area contributed by atoms with Gasteiger partial charge in [-0.3, -0.25) is 4.79 Å². The Kier molecular flexibility index (Phi) is 5.07. The van der Waals surface area contributed by atoms with Gasteiger partial charge in [0.15, 0.2) is 5.76 Å². The second-order valence-corrected chi connectivity index (χ2v) is 6.11. The maximum atomic E-state index is 12.1. The molecule has 0 spiro atoms. The van der Waals surface area contributed by atoms with Crippen LogP contribution in [0.2, 0.25) is 0 Å². The lowest BCUT2D eigenvalue weighted by Gasteiger charge is -2.10. The van der Waals surface area contributed by atoms with Gasteiger partial charge in [-0.25, -0.2) is 0 Å². The fraction of sp³-hybridized carbons (Fsp3) is 0.238. The van der Waals surface area contributed by atoms with Gasteiger partial charge in [-0.15, -0.1) is 0 Å². The van der Waals surface area contributed by atoms with E-state index in [1.54, 1.807) is 14.0 Å². The number of hydrogen-bond acceptors (Lipinski definition) is 5. The second kappa shape index (κ2) is 7.44. The van der Waals surface area contributed by atoms with Crippen LogP contribution in [0.3, 0.4) is 0 Å². The number of methoxy groups -OCH3 is 2. The highest BCUT2D eigenvalue weighted by atomic mass is 16.5. The van der Waals surface area contributed by atoms with Crippen molar-refractivity contribution >= 4 is 5.97 Å². The number of aryl methyl sites for hydroxylation is 1. The molecule has 1 unspecified atom stereocenters. The standard InChI is InChI=1S/C21H21NO4/c1-13-5-7-15(8-6-13)18-19(16-9-11-17(24-3)12-10-16)22-26-20(18)14(2)21(23)25-4/h5-12,14H,1-4H3. The summed E-state index contributed by atoms with van der Waals surface area (Å²) in [5.41, 5.74) is 4.45. The van der Waals surface area contributed by atoms with Gasteiger partial charge in [-0.1, -0.05) is 35.0 Å². The van der Waals surface area contributed by atoms with Crippen LogP contribution in [0.1, 0.15) is 24.2 Å². The molecule has 1 atom stereocenters. The molecule has 0 saturated heterocycles. The summed E-state index contributed by atoms with van der Waals surface area (Å²) in [7, 11) is 2.99. The first-order chi connectivity index (χ1) is 12.5. The second-order valence-electron chi connectivity index (χ2n) is 6.11. The minimum atomic E-state index is -0.559. The average molecular weight is 351 g/mol. The Morgan fingerprint density at radius 2 is 1.62 bits per heavy atom. The SMILES string of the molecule is COC(=O)C(C)c1onc(-c2ccc(OC)cc2)c1-c1ccc(C)cc1. The molecule has 1 heterocycles. The monoisotopic (exact) mass is 351 g/mol. The number of esters is 1. The predicted molar refractivity (Wildman–Crippen MR) is 99.1 cm³/mol. The van der Waals surface area contributed by atoms with E-state index in [1.807, 2.05) is 55.5 Å². The zero-order valence-electron chi connectivity index (χ0n) is 15.3. The average Bonchev–Trinajstić information content (AvgIpc) is 3.12. The van der Waals surface area contributed by atoms with Crippen molar-refractivity contribution in [3.63, 3.8) is 0 Å². The van der Waals surface area contributed by atoms with E-state index in [0.29, 0.717) is 11.5 Å². The lowest BCUT2D eigenvalue weighted by Crippen LogP contribution is -2.11. The van der Waals surface area contributed by atoms with Crippen LogP contribution in [0, 0.1) is 6.92 Å². The summed E-state index contributed by atoms with van der Waals surface area (Å²) in [6.07, 6.45) is 0. The summed E-state index contributed by atoms with van der Waals surface area (Å²) < 4.78 is 15.7. The molecule has 1 aromatic heterocycles. The van der Waals surface area contributed by atoms with Crippen molar-refractivity contribution in [1.29, 1.82) is 0 Å². The third-order valence-corrected chi connectivity index (χ3v) is 4.37. The van der Waals surface area contributed by atoms with E-state index in [2.05, 4.69) is 5.16 Å². The van der Waals surface area contributed by atoms with Gasteiger partial charge in [-0.05, 0) is 43.7 Å². The molecular formula is C21H21NO4. The predicted octanol–water partition coefficient (Wildman–Crippen LogP) is 4.60. The molecule has 5 nitrogen and oxygen atoms in total. The van der Waals surface area contributed by atoms with Gasteiger partial charge in [-0.2, -0.15) is 0 Å². The number of hydrogen-bond donors (Lipinski definition) is 0. The fourth-order valence-corrected chi connectivity index (χ4v) is 2.83. The van der Waals surface area contributed by atoms with Crippen molar-refractivity contribution in [2.45, 2.75) is 19.8 Å². The third kappa shape index (κ3) is 3.33. The third-order valence-electron chi connectivity index (χ3n) is 4.37. The molecule has 0 amide bonds. The number of benzene rings is 2. The molecule has 134 valence electrons. The Labute approximate surface area is 152 Å². The van der Waals surface area contributed by atoms with Gasteiger partial charge in [0.2, 0.25) is 0 Å². The number of carbonyl (C=O) groups is 1.